The summed E-state index contributed by atoms with van der Waals surface area (Å²) >= 11 is 1.80. The van der Waals surface area contributed by atoms with Gasteiger partial charge in [-0.3, -0.25) is 4.79 Å². The van der Waals surface area contributed by atoms with Crippen LogP contribution in [0.1, 0.15) is 27.2 Å². The third kappa shape index (κ3) is 2.61. The van der Waals surface area contributed by atoms with Gasteiger partial charge in [0.25, 0.3) is 5.91 Å². The van der Waals surface area contributed by atoms with Crippen molar-refractivity contribution in [1.29, 1.82) is 0 Å². The fourth-order valence-corrected chi connectivity index (χ4v) is 2.89. The monoisotopic (exact) mass is 259 g/mol. The largest absolute Gasteiger partial charge is 0.359 e. The van der Waals surface area contributed by atoms with Crippen LogP contribution in [-0.4, -0.2) is 53.4 Å². The number of nitrogens with zero attached hydrogens (tertiary/aromatic N) is 1. The van der Waals surface area contributed by atoms with E-state index in [4.69, 9.17) is 9.47 Å². The summed E-state index contributed by atoms with van der Waals surface area (Å²) in [6, 6.07) is 0.196. The van der Waals surface area contributed by atoms with Crippen molar-refractivity contribution in [3.63, 3.8) is 0 Å². The first kappa shape index (κ1) is 13.2. The van der Waals surface area contributed by atoms with Gasteiger partial charge in [-0.15, -0.1) is 0 Å². The van der Waals surface area contributed by atoms with Gasteiger partial charge in [0.15, 0.2) is 6.10 Å². The lowest BCUT2D eigenvalue weighted by Gasteiger charge is -2.33. The Balaban J connectivity index is 2.05. The second-order valence-electron chi connectivity index (χ2n) is 5.16. The number of hydrogen-bond donors (Lipinski definition) is 0. The first-order valence-corrected chi connectivity index (χ1v) is 7.48. The third-order valence-electron chi connectivity index (χ3n) is 3.42. The van der Waals surface area contributed by atoms with Crippen LogP contribution in [0.4, 0.5) is 0 Å². The molecule has 5 heteroatoms. The summed E-state index contributed by atoms with van der Waals surface area (Å²) in [5.41, 5.74) is -0.494. The molecule has 0 N–H and O–H groups in total. The van der Waals surface area contributed by atoms with Crippen molar-refractivity contribution >= 4 is 17.7 Å². The van der Waals surface area contributed by atoms with E-state index in [9.17, 15) is 4.79 Å². The Morgan fingerprint density at radius 1 is 1.53 bits per heavy atom. The Bertz CT molecular complexity index is 308. The molecule has 17 heavy (non-hydrogen) atoms. The lowest BCUT2D eigenvalue weighted by atomic mass is 10.1. The number of thioether (sulfide) groups is 1. The molecule has 2 saturated heterocycles. The highest BCUT2D eigenvalue weighted by Crippen LogP contribution is 2.34. The molecular formula is C12H21NO3S. The predicted molar refractivity (Wildman–Crippen MR) is 68.0 cm³/mol. The maximum atomic E-state index is 12.3. The highest BCUT2D eigenvalue weighted by Gasteiger charge is 2.51. The summed E-state index contributed by atoms with van der Waals surface area (Å²) in [6.07, 6.45) is 2.89. The van der Waals surface area contributed by atoms with Crippen LogP contribution in [0.2, 0.25) is 0 Å². The number of rotatable bonds is 4. The number of amides is 1. The molecule has 0 aliphatic carbocycles. The van der Waals surface area contributed by atoms with Crippen LogP contribution in [0.5, 0.6) is 0 Å². The van der Waals surface area contributed by atoms with Crippen LogP contribution in [-0.2, 0) is 14.3 Å². The van der Waals surface area contributed by atoms with Crippen molar-refractivity contribution < 1.29 is 14.3 Å². The van der Waals surface area contributed by atoms with E-state index in [0.717, 1.165) is 12.2 Å². The molecule has 0 aromatic carbocycles. The van der Waals surface area contributed by atoms with Crippen LogP contribution >= 0.6 is 11.8 Å². The first-order chi connectivity index (χ1) is 7.97. The molecule has 4 nitrogen and oxygen atoms in total. The maximum absolute atomic E-state index is 12.3. The van der Waals surface area contributed by atoms with Gasteiger partial charge >= 0.3 is 0 Å². The van der Waals surface area contributed by atoms with Crippen molar-refractivity contribution in [1.82, 2.24) is 4.90 Å². The zero-order chi connectivity index (χ0) is 12.6. The van der Waals surface area contributed by atoms with Crippen LogP contribution < -0.4 is 0 Å². The lowest BCUT2D eigenvalue weighted by molar-refractivity contribution is -0.147. The standard InChI is InChI=1S/C12H21NO3S/c1-8-10(16-8)11(14)13-9(5-6-17-4)7-15-12(13,2)3/h8-10H,5-7H2,1-4H3/t8-,9+,10+/m1/s1. The molecule has 0 bridgehead atoms. The minimum Gasteiger partial charge on any atom is -0.359 e. The molecule has 0 unspecified atom stereocenters. The number of epoxide rings is 1. The smallest absolute Gasteiger partial charge is 0.256 e. The van der Waals surface area contributed by atoms with Gasteiger partial charge in [-0.05, 0) is 39.2 Å². The number of ether oxygens (including phenoxy) is 2. The normalized spacial score (nSPS) is 35.1. The Morgan fingerprint density at radius 3 is 2.71 bits per heavy atom. The fourth-order valence-electron chi connectivity index (χ4n) is 2.38. The van der Waals surface area contributed by atoms with Gasteiger partial charge in [-0.25, -0.2) is 0 Å². The zero-order valence-corrected chi connectivity index (χ0v) is 11.8. The van der Waals surface area contributed by atoms with Crippen molar-refractivity contribution in [2.24, 2.45) is 0 Å². The first-order valence-electron chi connectivity index (χ1n) is 6.09. The summed E-state index contributed by atoms with van der Waals surface area (Å²) in [6.45, 7) is 6.48. The second-order valence-corrected chi connectivity index (χ2v) is 6.15. The molecule has 3 atom stereocenters. The van der Waals surface area contributed by atoms with E-state index in [1.54, 1.807) is 11.8 Å². The number of hydrogen-bond acceptors (Lipinski definition) is 4. The molecule has 0 aromatic heterocycles. The van der Waals surface area contributed by atoms with Gasteiger partial charge in [0.1, 0.15) is 5.72 Å². The molecule has 0 spiro atoms. The van der Waals surface area contributed by atoms with Gasteiger partial charge in [-0.2, -0.15) is 11.8 Å². The number of carbonyl (C=O) groups excluding carboxylic acids is 1. The van der Waals surface area contributed by atoms with Gasteiger partial charge in [0, 0.05) is 0 Å². The van der Waals surface area contributed by atoms with Gasteiger partial charge < -0.3 is 14.4 Å². The Hall–Kier alpha value is -0.260. The molecule has 1 amide bonds. The van der Waals surface area contributed by atoms with Gasteiger partial charge in [0.05, 0.1) is 18.8 Å². The average molecular weight is 259 g/mol. The number of carbonyl (C=O) groups is 1. The zero-order valence-electron chi connectivity index (χ0n) is 10.9. The van der Waals surface area contributed by atoms with Crippen LogP contribution in [0.15, 0.2) is 0 Å². The van der Waals surface area contributed by atoms with Gasteiger partial charge in [0.2, 0.25) is 0 Å². The van der Waals surface area contributed by atoms with Crippen molar-refractivity contribution in [2.75, 3.05) is 18.6 Å². The molecule has 2 heterocycles. The molecular weight excluding hydrogens is 238 g/mol. The minimum absolute atomic E-state index is 0.0695. The summed E-state index contributed by atoms with van der Waals surface area (Å²) < 4.78 is 11.0. The van der Waals surface area contributed by atoms with Crippen LogP contribution in [0.25, 0.3) is 0 Å². The average Bonchev–Trinajstić information content (AvgIpc) is 2.90. The van der Waals surface area contributed by atoms with Crippen molar-refractivity contribution in [3.8, 4) is 0 Å². The van der Waals surface area contributed by atoms with Crippen LogP contribution in [0, 0.1) is 0 Å². The van der Waals surface area contributed by atoms with Gasteiger partial charge in [-0.1, -0.05) is 0 Å². The van der Waals surface area contributed by atoms with E-state index >= 15 is 0 Å². The highest BCUT2D eigenvalue weighted by molar-refractivity contribution is 7.98. The summed E-state index contributed by atoms with van der Waals surface area (Å²) in [4.78, 5) is 14.2. The van der Waals surface area contributed by atoms with E-state index in [-0.39, 0.29) is 24.2 Å². The second kappa shape index (κ2) is 4.78. The lowest BCUT2D eigenvalue weighted by Crippen LogP contribution is -2.50. The summed E-state index contributed by atoms with van der Waals surface area (Å²) in [5, 5.41) is 0. The van der Waals surface area contributed by atoms with Crippen molar-refractivity contribution in [2.45, 2.75) is 51.2 Å². The minimum atomic E-state index is -0.494. The Labute approximate surface area is 107 Å². The fraction of sp³-hybridized carbons (Fsp3) is 0.917. The Morgan fingerprint density at radius 2 is 2.18 bits per heavy atom. The summed E-state index contributed by atoms with van der Waals surface area (Å²) in [5.74, 6) is 1.14. The highest BCUT2D eigenvalue weighted by atomic mass is 32.2. The third-order valence-corrected chi connectivity index (χ3v) is 4.07. The molecule has 2 aliphatic rings. The van der Waals surface area contributed by atoms with E-state index in [1.807, 2.05) is 25.7 Å². The molecule has 2 aliphatic heterocycles. The molecule has 98 valence electrons. The van der Waals surface area contributed by atoms with E-state index < -0.39 is 5.72 Å². The van der Waals surface area contributed by atoms with Crippen LogP contribution in [0.3, 0.4) is 0 Å². The summed E-state index contributed by atoms with van der Waals surface area (Å²) in [7, 11) is 0. The molecule has 2 rings (SSSR count). The Kier molecular flexibility index (Phi) is 3.71. The van der Waals surface area contributed by atoms with E-state index in [0.29, 0.717) is 6.61 Å². The molecule has 0 radical (unpaired) electrons. The quantitative estimate of drug-likeness (QED) is 0.717. The SMILES string of the molecule is CSCC[C@H]1COC(C)(C)N1C(=O)[C@H]1O[C@@H]1C. The molecule has 0 aromatic rings. The molecule has 2 fully saturated rings. The predicted octanol–water partition coefficient (Wildman–Crippen LogP) is 1.49. The topological polar surface area (TPSA) is 42.1 Å². The maximum Gasteiger partial charge on any atom is 0.256 e. The molecule has 0 saturated carbocycles. The van der Waals surface area contributed by atoms with Crippen molar-refractivity contribution in [3.05, 3.63) is 0 Å². The van der Waals surface area contributed by atoms with E-state index in [1.165, 1.54) is 0 Å². The van der Waals surface area contributed by atoms with E-state index in [2.05, 4.69) is 6.26 Å².